The molecule has 2 nitrogen and oxygen atoms in total. The molecule has 0 spiro atoms. The maximum Gasteiger partial charge on any atom is 0.0633 e. The second kappa shape index (κ2) is 22.7. The highest BCUT2D eigenvalue weighted by atomic mass is 14.8. The molecule has 0 bridgehead atoms. The Balaban J connectivity index is 1.71. The van der Waals surface area contributed by atoms with E-state index in [1.54, 1.807) is 0 Å². The van der Waals surface area contributed by atoms with E-state index in [-0.39, 0.29) is 0 Å². The fraction of sp³-hybridized carbons (Fsp3) is 0.611. The number of rotatable bonds is 23. The summed E-state index contributed by atoms with van der Waals surface area (Å²) in [6.07, 6.45) is 26.7. The Kier molecular flexibility index (Phi) is 19.1. The Morgan fingerprint density at radius 3 is 1.08 bits per heavy atom. The number of aliphatic imine (C=N–C) groups is 2. The Morgan fingerprint density at radius 1 is 0.395 bits per heavy atom. The van der Waals surface area contributed by atoms with E-state index in [1.165, 1.54) is 121 Å². The molecule has 2 heteroatoms. The van der Waals surface area contributed by atoms with Crippen molar-refractivity contribution in [2.24, 2.45) is 9.98 Å². The molecular weight excluding hydrogens is 460 g/mol. The molecule has 0 atom stereocenters. The molecular formula is C36H56N2. The topological polar surface area (TPSA) is 24.7 Å². The fourth-order valence-corrected chi connectivity index (χ4v) is 5.03. The van der Waals surface area contributed by atoms with Crippen LogP contribution < -0.4 is 0 Å². The monoisotopic (exact) mass is 516 g/mol. The van der Waals surface area contributed by atoms with Crippen LogP contribution in [0.3, 0.4) is 0 Å². The predicted molar refractivity (Wildman–Crippen MR) is 171 cm³/mol. The quantitative estimate of drug-likeness (QED) is 0.104. The molecule has 0 aliphatic carbocycles. The predicted octanol–water partition coefficient (Wildman–Crippen LogP) is 12.4. The van der Waals surface area contributed by atoms with Crippen LogP contribution in [-0.2, 0) is 0 Å². The number of unbranched alkanes of at least 4 members (excludes halogenated alkanes) is 16. The molecule has 0 heterocycles. The molecule has 0 radical (unpaired) electrons. The molecule has 38 heavy (non-hydrogen) atoms. The summed E-state index contributed by atoms with van der Waals surface area (Å²) in [6, 6.07) is 20.8. The Hall–Kier alpha value is -2.22. The van der Waals surface area contributed by atoms with E-state index in [0.717, 1.165) is 30.6 Å². The molecule has 0 fully saturated rings. The molecule has 0 aliphatic heterocycles. The molecule has 0 aliphatic rings. The third kappa shape index (κ3) is 15.9. The van der Waals surface area contributed by atoms with Crippen LogP contribution in [0.25, 0.3) is 0 Å². The lowest BCUT2D eigenvalue weighted by Gasteiger charge is -2.11. The molecule has 0 amide bonds. The lowest BCUT2D eigenvalue weighted by molar-refractivity contribution is 0.530. The van der Waals surface area contributed by atoms with E-state index in [9.17, 15) is 0 Å². The average molecular weight is 517 g/mol. The first-order chi connectivity index (χ1) is 18.8. The van der Waals surface area contributed by atoms with Gasteiger partial charge in [-0.25, -0.2) is 0 Å². The molecule has 0 unspecified atom stereocenters. The van der Waals surface area contributed by atoms with Gasteiger partial charge in [-0.2, -0.15) is 0 Å². The lowest BCUT2D eigenvalue weighted by Crippen LogP contribution is -2.14. The van der Waals surface area contributed by atoms with Crippen molar-refractivity contribution in [2.75, 3.05) is 0 Å². The van der Waals surface area contributed by atoms with Gasteiger partial charge in [0, 0.05) is 0 Å². The number of hydrogen-bond donors (Lipinski definition) is 0. The summed E-state index contributed by atoms with van der Waals surface area (Å²) in [7, 11) is 0. The highest BCUT2D eigenvalue weighted by Crippen LogP contribution is 2.20. The fourth-order valence-electron chi connectivity index (χ4n) is 5.03. The van der Waals surface area contributed by atoms with Crippen molar-refractivity contribution in [3.05, 3.63) is 60.7 Å². The largest absolute Gasteiger partial charge is 0.252 e. The molecule has 2 aromatic rings. The molecule has 0 saturated carbocycles. The second-order valence-corrected chi connectivity index (χ2v) is 10.9. The van der Waals surface area contributed by atoms with Gasteiger partial charge in [0.25, 0.3) is 0 Å². The van der Waals surface area contributed by atoms with Gasteiger partial charge in [-0.1, -0.05) is 153 Å². The molecule has 0 N–H and O–H groups in total. The van der Waals surface area contributed by atoms with Gasteiger partial charge in [-0.05, 0) is 49.9 Å². The number of para-hydroxylation sites is 2. The summed E-state index contributed by atoms with van der Waals surface area (Å²) in [5.74, 6) is 0. The number of benzene rings is 2. The van der Waals surface area contributed by atoms with Gasteiger partial charge in [0.1, 0.15) is 0 Å². The minimum absolute atomic E-state index is 0.996. The number of nitrogens with zero attached hydrogens (tertiary/aromatic N) is 2. The molecule has 2 aromatic carbocycles. The zero-order valence-corrected chi connectivity index (χ0v) is 24.8. The molecule has 210 valence electrons. The summed E-state index contributed by atoms with van der Waals surface area (Å²) in [6.45, 7) is 4.55. The van der Waals surface area contributed by atoms with E-state index in [2.05, 4.69) is 74.5 Å². The first-order valence-corrected chi connectivity index (χ1v) is 16.1. The zero-order chi connectivity index (χ0) is 26.9. The number of hydrogen-bond acceptors (Lipinski definition) is 2. The van der Waals surface area contributed by atoms with E-state index in [0.29, 0.717) is 0 Å². The third-order valence-electron chi connectivity index (χ3n) is 7.41. The van der Waals surface area contributed by atoms with Gasteiger partial charge in [-0.15, -0.1) is 0 Å². The van der Waals surface area contributed by atoms with Gasteiger partial charge >= 0.3 is 0 Å². The van der Waals surface area contributed by atoms with Crippen LogP contribution in [-0.4, -0.2) is 11.4 Å². The van der Waals surface area contributed by atoms with Gasteiger partial charge in [0.15, 0.2) is 0 Å². The minimum atomic E-state index is 0.996. The maximum atomic E-state index is 5.10. The van der Waals surface area contributed by atoms with Crippen LogP contribution in [0, 0.1) is 0 Å². The van der Waals surface area contributed by atoms with Gasteiger partial charge in [-0.3, -0.25) is 9.98 Å². The SMILES string of the molecule is CCCCCCCCCCCCCCCCCCC(=Nc1ccccc1)C(CCCC)=Nc1ccccc1. The minimum Gasteiger partial charge on any atom is -0.252 e. The first kappa shape index (κ1) is 32.0. The Labute approximate surface area is 235 Å². The smallest absolute Gasteiger partial charge is 0.0633 e. The lowest BCUT2D eigenvalue weighted by atomic mass is 10.0. The van der Waals surface area contributed by atoms with E-state index < -0.39 is 0 Å². The standard InChI is InChI=1S/C36H56N2/c1-3-5-7-8-9-10-11-12-13-14-15-16-17-18-19-26-32-36(38-34-29-24-21-25-30-34)35(31-6-4-2)37-33-27-22-20-23-28-33/h20-25,27-30H,3-19,26,31-32H2,1-2H3. The Morgan fingerprint density at radius 2 is 0.711 bits per heavy atom. The summed E-state index contributed by atoms with van der Waals surface area (Å²) < 4.78 is 0. The van der Waals surface area contributed by atoms with E-state index in [1.807, 2.05) is 0 Å². The summed E-state index contributed by atoms with van der Waals surface area (Å²) in [4.78, 5) is 10.2. The van der Waals surface area contributed by atoms with Crippen molar-refractivity contribution in [1.82, 2.24) is 0 Å². The van der Waals surface area contributed by atoms with Crippen molar-refractivity contribution in [1.29, 1.82) is 0 Å². The van der Waals surface area contributed by atoms with Crippen LogP contribution >= 0.6 is 0 Å². The highest BCUT2D eigenvalue weighted by molar-refractivity contribution is 6.43. The molecule has 0 aromatic heterocycles. The van der Waals surface area contributed by atoms with Crippen molar-refractivity contribution in [2.45, 2.75) is 142 Å². The summed E-state index contributed by atoms with van der Waals surface area (Å²) >= 11 is 0. The van der Waals surface area contributed by atoms with Crippen LogP contribution in [0.5, 0.6) is 0 Å². The van der Waals surface area contributed by atoms with Crippen molar-refractivity contribution < 1.29 is 0 Å². The van der Waals surface area contributed by atoms with Gasteiger partial charge in [0.05, 0.1) is 22.8 Å². The molecule has 2 rings (SSSR count). The highest BCUT2D eigenvalue weighted by Gasteiger charge is 2.10. The van der Waals surface area contributed by atoms with Crippen LogP contribution in [0.1, 0.15) is 142 Å². The van der Waals surface area contributed by atoms with E-state index in [4.69, 9.17) is 9.98 Å². The third-order valence-corrected chi connectivity index (χ3v) is 7.41. The van der Waals surface area contributed by atoms with Crippen LogP contribution in [0.2, 0.25) is 0 Å². The van der Waals surface area contributed by atoms with Gasteiger partial charge < -0.3 is 0 Å². The summed E-state index contributed by atoms with van der Waals surface area (Å²) in [5.41, 5.74) is 4.42. The van der Waals surface area contributed by atoms with Crippen molar-refractivity contribution in [3.8, 4) is 0 Å². The van der Waals surface area contributed by atoms with Crippen molar-refractivity contribution in [3.63, 3.8) is 0 Å². The molecule has 0 saturated heterocycles. The van der Waals surface area contributed by atoms with Crippen LogP contribution in [0.15, 0.2) is 70.6 Å². The maximum absolute atomic E-state index is 5.10. The normalized spacial score (nSPS) is 12.3. The van der Waals surface area contributed by atoms with Crippen LogP contribution in [0.4, 0.5) is 11.4 Å². The van der Waals surface area contributed by atoms with Gasteiger partial charge in [0.2, 0.25) is 0 Å². The van der Waals surface area contributed by atoms with Crippen molar-refractivity contribution >= 4 is 22.8 Å². The Bertz CT molecular complexity index is 853. The zero-order valence-electron chi connectivity index (χ0n) is 24.8. The average Bonchev–Trinajstić information content (AvgIpc) is 2.95. The first-order valence-electron chi connectivity index (χ1n) is 16.1. The van der Waals surface area contributed by atoms with E-state index >= 15 is 0 Å². The summed E-state index contributed by atoms with van der Waals surface area (Å²) in [5, 5.41) is 0. The second-order valence-electron chi connectivity index (χ2n) is 10.9.